The lowest BCUT2D eigenvalue weighted by molar-refractivity contribution is 0.174. The molecule has 7 heteroatoms. The summed E-state index contributed by atoms with van der Waals surface area (Å²) in [5, 5.41) is 9.50. The molecule has 2 aromatic carbocycles. The maximum absolute atomic E-state index is 5.58. The van der Waals surface area contributed by atoms with Crippen molar-refractivity contribution in [2.24, 2.45) is 0 Å². The van der Waals surface area contributed by atoms with Crippen molar-refractivity contribution >= 4 is 22.4 Å². The van der Waals surface area contributed by atoms with Crippen LogP contribution in [0.15, 0.2) is 60.9 Å². The van der Waals surface area contributed by atoms with E-state index >= 15 is 0 Å². The summed E-state index contributed by atoms with van der Waals surface area (Å²) in [5.74, 6) is 2.75. The molecule has 0 radical (unpaired) electrons. The minimum atomic E-state index is 0. The van der Waals surface area contributed by atoms with Crippen molar-refractivity contribution < 1.29 is 9.47 Å². The summed E-state index contributed by atoms with van der Waals surface area (Å²) >= 11 is 0. The largest absolute Gasteiger partial charge is 0.454 e. The maximum Gasteiger partial charge on any atom is 0.231 e. The topological polar surface area (TPSA) is 76.5 Å². The van der Waals surface area contributed by atoms with Crippen LogP contribution >= 0.6 is 0 Å². The van der Waals surface area contributed by atoms with Gasteiger partial charge in [-0.25, -0.2) is 4.98 Å². The van der Waals surface area contributed by atoms with Crippen molar-refractivity contribution in [3.05, 3.63) is 72.1 Å². The zero-order valence-electron chi connectivity index (χ0n) is 20.6. The van der Waals surface area contributed by atoms with Crippen LogP contribution in [-0.2, 0) is 6.42 Å². The van der Waals surface area contributed by atoms with E-state index in [0.717, 1.165) is 58.3 Å². The van der Waals surface area contributed by atoms with Gasteiger partial charge in [-0.1, -0.05) is 53.3 Å². The fourth-order valence-electron chi connectivity index (χ4n) is 4.38. The van der Waals surface area contributed by atoms with Crippen molar-refractivity contribution in [3.63, 3.8) is 0 Å². The molecule has 36 heavy (non-hydrogen) atoms. The molecule has 1 aliphatic heterocycles. The molecule has 1 aliphatic rings. The maximum atomic E-state index is 5.58. The number of H-pyrrole nitrogens is 1. The fourth-order valence-corrected chi connectivity index (χ4v) is 4.38. The number of hydrogen-bond acceptors (Lipinski definition) is 5. The first kappa shape index (κ1) is 25.1. The summed E-state index contributed by atoms with van der Waals surface area (Å²) in [5.41, 5.74) is 6.31. The summed E-state index contributed by atoms with van der Waals surface area (Å²) in [6, 6.07) is 16.4. The van der Waals surface area contributed by atoms with Crippen molar-refractivity contribution in [2.45, 2.75) is 47.5 Å². The van der Waals surface area contributed by atoms with Gasteiger partial charge in [-0.2, -0.15) is 9.61 Å². The van der Waals surface area contributed by atoms with Gasteiger partial charge in [0.1, 0.15) is 5.82 Å². The first-order chi connectivity index (χ1) is 17.2. The van der Waals surface area contributed by atoms with E-state index in [-0.39, 0.29) is 14.2 Å². The van der Waals surface area contributed by atoms with Crippen molar-refractivity contribution in [1.82, 2.24) is 19.6 Å². The molecule has 0 fully saturated rings. The highest BCUT2D eigenvalue weighted by Gasteiger charge is 2.18. The molecule has 0 spiro atoms. The second kappa shape index (κ2) is 10.7. The number of rotatable bonds is 6. The predicted octanol–water partition coefficient (Wildman–Crippen LogP) is 7.05. The van der Waals surface area contributed by atoms with E-state index in [2.05, 4.69) is 65.8 Å². The molecule has 0 bridgehead atoms. The molecule has 4 heterocycles. The number of para-hydroxylation sites is 1. The normalized spacial score (nSPS) is 11.9. The summed E-state index contributed by atoms with van der Waals surface area (Å²) in [7, 11) is 0. The van der Waals surface area contributed by atoms with Crippen molar-refractivity contribution in [3.8, 4) is 22.8 Å². The van der Waals surface area contributed by atoms with Gasteiger partial charge < -0.3 is 19.8 Å². The van der Waals surface area contributed by atoms with Gasteiger partial charge in [0, 0.05) is 40.8 Å². The Morgan fingerprint density at radius 3 is 2.69 bits per heavy atom. The van der Waals surface area contributed by atoms with E-state index in [4.69, 9.17) is 14.5 Å². The van der Waals surface area contributed by atoms with Gasteiger partial charge in [0.05, 0.1) is 11.9 Å². The Hall–Kier alpha value is -4.00. The number of aromatic nitrogens is 4. The molecule has 0 atom stereocenters. The van der Waals surface area contributed by atoms with Crippen molar-refractivity contribution in [2.75, 3.05) is 18.7 Å². The lowest BCUT2D eigenvalue weighted by atomic mass is 10.1. The summed E-state index contributed by atoms with van der Waals surface area (Å²) in [4.78, 5) is 8.33. The molecule has 0 aliphatic carbocycles. The highest BCUT2D eigenvalue weighted by Crippen LogP contribution is 2.36. The van der Waals surface area contributed by atoms with Gasteiger partial charge in [-0.05, 0) is 42.2 Å². The first-order valence-corrected chi connectivity index (χ1v) is 12.2. The van der Waals surface area contributed by atoms with Crippen LogP contribution in [0.3, 0.4) is 0 Å². The van der Waals surface area contributed by atoms with Crippen LogP contribution in [0.25, 0.3) is 27.8 Å². The van der Waals surface area contributed by atoms with E-state index in [1.165, 1.54) is 10.9 Å². The zero-order chi connectivity index (χ0) is 24.4. The number of nitrogens with one attached hydrogen (secondary N) is 2. The van der Waals surface area contributed by atoms with Gasteiger partial charge >= 0.3 is 0 Å². The van der Waals surface area contributed by atoms with Gasteiger partial charge in [0.25, 0.3) is 0 Å². The van der Waals surface area contributed by atoms with Crippen LogP contribution in [0.2, 0.25) is 0 Å². The van der Waals surface area contributed by atoms with E-state index in [1.807, 2.05) is 42.8 Å². The molecule has 7 nitrogen and oxygen atoms in total. The predicted molar refractivity (Wildman–Crippen MR) is 147 cm³/mol. The second-order valence-electron chi connectivity index (χ2n) is 8.62. The summed E-state index contributed by atoms with van der Waals surface area (Å²) in [6.45, 7) is 9.36. The number of anilines is 1. The molecular formula is C29H35N5O2. The summed E-state index contributed by atoms with van der Waals surface area (Å²) in [6.07, 6.45) is 4.91. The number of aromatic amines is 1. The molecule has 5 aromatic rings. The molecule has 6 rings (SSSR count). The zero-order valence-corrected chi connectivity index (χ0v) is 20.6. The molecule has 2 N–H and O–H groups in total. The van der Waals surface area contributed by atoms with E-state index in [0.29, 0.717) is 5.92 Å². The Kier molecular flexibility index (Phi) is 7.48. The second-order valence-corrected chi connectivity index (χ2v) is 8.62. The molecule has 0 unspecified atom stereocenters. The SMILES string of the molecule is C.CC.CC(C)c1cnn2c(NCCc3c[nH]c4ccccc34)cc(-c3ccc4c(c3)OCO4)nc12. The average molecular weight is 486 g/mol. The van der Waals surface area contributed by atoms with Gasteiger partial charge in [0.15, 0.2) is 17.1 Å². The molecule has 0 saturated carbocycles. The van der Waals surface area contributed by atoms with Crippen LogP contribution in [0.4, 0.5) is 5.82 Å². The van der Waals surface area contributed by atoms with E-state index in [1.54, 1.807) is 0 Å². The Morgan fingerprint density at radius 1 is 1.06 bits per heavy atom. The summed E-state index contributed by atoms with van der Waals surface area (Å²) < 4.78 is 13.0. The van der Waals surface area contributed by atoms with E-state index in [9.17, 15) is 0 Å². The van der Waals surface area contributed by atoms with E-state index < -0.39 is 0 Å². The highest BCUT2D eigenvalue weighted by molar-refractivity contribution is 5.83. The first-order valence-electron chi connectivity index (χ1n) is 12.2. The molecule has 0 saturated heterocycles. The third-order valence-corrected chi connectivity index (χ3v) is 6.16. The van der Waals surface area contributed by atoms with Gasteiger partial charge in [-0.3, -0.25) is 0 Å². The quantitative estimate of drug-likeness (QED) is 0.270. The molecule has 0 amide bonds. The minimum absolute atomic E-state index is 0. The lowest BCUT2D eigenvalue weighted by Gasteiger charge is -2.12. The number of benzene rings is 2. The minimum Gasteiger partial charge on any atom is -0.454 e. The Bertz CT molecular complexity index is 1470. The highest BCUT2D eigenvalue weighted by atomic mass is 16.7. The smallest absolute Gasteiger partial charge is 0.231 e. The molecular weight excluding hydrogens is 450 g/mol. The Labute approximate surface area is 212 Å². The number of ether oxygens (including phenoxy) is 2. The Morgan fingerprint density at radius 2 is 1.86 bits per heavy atom. The van der Waals surface area contributed by atoms with Crippen LogP contribution in [0, 0.1) is 0 Å². The van der Waals surface area contributed by atoms with Crippen LogP contribution in [0.5, 0.6) is 11.5 Å². The fraction of sp³-hybridized carbons (Fsp3) is 0.310. The van der Waals surface area contributed by atoms with Crippen LogP contribution in [-0.4, -0.2) is 32.9 Å². The Balaban J connectivity index is 0.000000990. The number of hydrogen-bond donors (Lipinski definition) is 2. The van der Waals surface area contributed by atoms with Gasteiger partial charge in [0.2, 0.25) is 6.79 Å². The third-order valence-electron chi connectivity index (χ3n) is 6.16. The number of nitrogens with zero attached hydrogens (tertiary/aromatic N) is 3. The van der Waals surface area contributed by atoms with Crippen molar-refractivity contribution in [1.29, 1.82) is 0 Å². The third kappa shape index (κ3) is 4.61. The van der Waals surface area contributed by atoms with Crippen LogP contribution < -0.4 is 14.8 Å². The monoisotopic (exact) mass is 485 g/mol. The lowest BCUT2D eigenvalue weighted by Crippen LogP contribution is -2.10. The molecule has 188 valence electrons. The standard InChI is InChI=1S/C26H25N5O2.C2H6.CH4/c1-16(2)20-14-29-31-25(27-10-9-18-13-28-21-6-4-3-5-19(18)21)12-22(30-26(20)31)17-7-8-23-24(11-17)33-15-32-23;1-2;/h3-8,11-14,16,27-28H,9-10,15H2,1-2H3;1-2H3;1H4. The average Bonchev–Trinajstić information content (AvgIpc) is 3.63. The van der Waals surface area contributed by atoms with Gasteiger partial charge in [-0.15, -0.1) is 0 Å². The number of fused-ring (bicyclic) bond motifs is 3. The molecule has 3 aromatic heterocycles. The van der Waals surface area contributed by atoms with Crippen LogP contribution in [0.1, 0.15) is 52.2 Å².